The highest BCUT2D eigenvalue weighted by Crippen LogP contribution is 2.27. The van der Waals surface area contributed by atoms with Gasteiger partial charge in [-0.05, 0) is 36.1 Å². The Hall–Kier alpha value is -1.88. The highest BCUT2D eigenvalue weighted by atomic mass is 32.1. The normalized spacial score (nSPS) is 12.7. The third-order valence-electron chi connectivity index (χ3n) is 3.22. The molecule has 0 aliphatic heterocycles. The SMILES string of the molecule is CCCC(Nc1nc2ccc(F)cc2[nH]1)c1cccs1. The second-order valence-corrected chi connectivity index (χ2v) is 5.73. The smallest absolute Gasteiger partial charge is 0.201 e. The number of hydrogen-bond acceptors (Lipinski definition) is 3. The summed E-state index contributed by atoms with van der Waals surface area (Å²) in [6.45, 7) is 2.16. The number of benzene rings is 1. The predicted octanol–water partition coefficient (Wildman–Crippen LogP) is 4.72. The van der Waals surface area contributed by atoms with Crippen molar-refractivity contribution in [2.24, 2.45) is 0 Å². The Labute approximate surface area is 120 Å². The second kappa shape index (κ2) is 5.63. The van der Waals surface area contributed by atoms with Gasteiger partial charge in [0.05, 0.1) is 17.1 Å². The molecule has 20 heavy (non-hydrogen) atoms. The van der Waals surface area contributed by atoms with Crippen LogP contribution in [0.3, 0.4) is 0 Å². The number of thiophene rings is 1. The Kier molecular flexibility index (Phi) is 3.69. The van der Waals surface area contributed by atoms with Crippen molar-refractivity contribution < 1.29 is 4.39 Å². The molecule has 1 aromatic carbocycles. The zero-order valence-electron chi connectivity index (χ0n) is 11.2. The summed E-state index contributed by atoms with van der Waals surface area (Å²) in [5.74, 6) is 0.438. The summed E-state index contributed by atoms with van der Waals surface area (Å²) >= 11 is 1.74. The van der Waals surface area contributed by atoms with Crippen LogP contribution in [0.25, 0.3) is 11.0 Å². The van der Waals surface area contributed by atoms with Gasteiger partial charge >= 0.3 is 0 Å². The third kappa shape index (κ3) is 2.67. The molecule has 3 rings (SSSR count). The maximum Gasteiger partial charge on any atom is 0.201 e. The number of hydrogen-bond donors (Lipinski definition) is 2. The van der Waals surface area contributed by atoms with Crippen LogP contribution in [0.5, 0.6) is 0 Å². The summed E-state index contributed by atoms with van der Waals surface area (Å²) in [6.07, 6.45) is 2.12. The van der Waals surface area contributed by atoms with Crippen molar-refractivity contribution in [3.8, 4) is 0 Å². The van der Waals surface area contributed by atoms with Crippen molar-refractivity contribution in [1.29, 1.82) is 0 Å². The average Bonchev–Trinajstić information content (AvgIpc) is 3.06. The number of rotatable bonds is 5. The lowest BCUT2D eigenvalue weighted by atomic mass is 10.1. The first-order valence-electron chi connectivity index (χ1n) is 6.71. The molecule has 0 aliphatic carbocycles. The van der Waals surface area contributed by atoms with E-state index in [9.17, 15) is 4.39 Å². The first kappa shape index (κ1) is 13.1. The number of imidazole rings is 1. The van der Waals surface area contributed by atoms with E-state index in [1.165, 1.54) is 17.0 Å². The minimum absolute atomic E-state index is 0.241. The molecule has 0 bridgehead atoms. The maximum absolute atomic E-state index is 13.2. The zero-order valence-corrected chi connectivity index (χ0v) is 12.0. The zero-order chi connectivity index (χ0) is 13.9. The molecule has 2 heterocycles. The van der Waals surface area contributed by atoms with Gasteiger partial charge < -0.3 is 10.3 Å². The molecule has 5 heteroatoms. The van der Waals surface area contributed by atoms with Gasteiger partial charge in [0.1, 0.15) is 5.82 Å². The number of anilines is 1. The minimum Gasteiger partial charge on any atom is -0.348 e. The van der Waals surface area contributed by atoms with Crippen LogP contribution >= 0.6 is 11.3 Å². The molecular formula is C15H16FN3S. The number of fused-ring (bicyclic) bond motifs is 1. The fraction of sp³-hybridized carbons (Fsp3) is 0.267. The van der Waals surface area contributed by atoms with Gasteiger partial charge in [-0.3, -0.25) is 0 Å². The number of H-pyrrole nitrogens is 1. The fourth-order valence-corrected chi connectivity index (χ4v) is 3.09. The van der Waals surface area contributed by atoms with Crippen LogP contribution in [0.15, 0.2) is 35.7 Å². The van der Waals surface area contributed by atoms with Crippen molar-refractivity contribution >= 4 is 28.3 Å². The summed E-state index contributed by atoms with van der Waals surface area (Å²) in [7, 11) is 0. The van der Waals surface area contributed by atoms with Crippen molar-refractivity contribution in [2.45, 2.75) is 25.8 Å². The van der Waals surface area contributed by atoms with E-state index in [2.05, 4.69) is 39.7 Å². The molecule has 0 saturated carbocycles. The van der Waals surface area contributed by atoms with Crippen LogP contribution in [-0.4, -0.2) is 9.97 Å². The first-order valence-corrected chi connectivity index (χ1v) is 7.59. The van der Waals surface area contributed by atoms with E-state index in [1.54, 1.807) is 17.4 Å². The monoisotopic (exact) mass is 289 g/mol. The Morgan fingerprint density at radius 3 is 3.05 bits per heavy atom. The van der Waals surface area contributed by atoms with E-state index in [-0.39, 0.29) is 11.9 Å². The van der Waals surface area contributed by atoms with E-state index < -0.39 is 0 Å². The Morgan fingerprint density at radius 1 is 1.40 bits per heavy atom. The number of nitrogens with one attached hydrogen (secondary N) is 2. The van der Waals surface area contributed by atoms with Crippen LogP contribution in [0.1, 0.15) is 30.7 Å². The van der Waals surface area contributed by atoms with E-state index in [1.807, 2.05) is 0 Å². The van der Waals surface area contributed by atoms with Crippen molar-refractivity contribution in [2.75, 3.05) is 5.32 Å². The summed E-state index contributed by atoms with van der Waals surface area (Å²) < 4.78 is 13.2. The quantitative estimate of drug-likeness (QED) is 0.713. The third-order valence-corrected chi connectivity index (χ3v) is 4.20. The molecule has 0 fully saturated rings. The van der Waals surface area contributed by atoms with Gasteiger partial charge in [-0.15, -0.1) is 11.3 Å². The summed E-state index contributed by atoms with van der Waals surface area (Å²) in [6, 6.07) is 9.00. The van der Waals surface area contributed by atoms with Crippen LogP contribution in [0.2, 0.25) is 0 Å². The van der Waals surface area contributed by atoms with Crippen molar-refractivity contribution in [3.63, 3.8) is 0 Å². The molecule has 0 amide bonds. The Balaban J connectivity index is 1.86. The van der Waals surface area contributed by atoms with Gasteiger partial charge in [-0.25, -0.2) is 9.37 Å². The number of aromatic amines is 1. The van der Waals surface area contributed by atoms with E-state index >= 15 is 0 Å². The molecule has 3 nitrogen and oxygen atoms in total. The first-order chi connectivity index (χ1) is 9.76. The number of aromatic nitrogens is 2. The van der Waals surface area contributed by atoms with Gasteiger partial charge in [0.25, 0.3) is 0 Å². The molecule has 2 N–H and O–H groups in total. The lowest BCUT2D eigenvalue weighted by Crippen LogP contribution is -2.10. The van der Waals surface area contributed by atoms with Gasteiger partial charge in [0, 0.05) is 4.88 Å². The highest BCUT2D eigenvalue weighted by molar-refractivity contribution is 7.10. The molecule has 104 valence electrons. The summed E-state index contributed by atoms with van der Waals surface area (Å²) in [4.78, 5) is 8.88. The molecular weight excluding hydrogens is 273 g/mol. The standard InChI is InChI=1S/C15H16FN3S/c1-2-4-12(14-5-3-8-20-14)18-15-17-11-7-6-10(16)9-13(11)19-15/h3,5-9,12H,2,4H2,1H3,(H2,17,18,19). The molecule has 0 aliphatic rings. The van der Waals surface area contributed by atoms with E-state index in [0.717, 1.165) is 18.4 Å². The number of halogens is 1. The van der Waals surface area contributed by atoms with Gasteiger partial charge in [0.15, 0.2) is 0 Å². The van der Waals surface area contributed by atoms with Gasteiger partial charge in [0.2, 0.25) is 5.95 Å². The molecule has 2 aromatic heterocycles. The van der Waals surface area contributed by atoms with Crippen LogP contribution in [0, 0.1) is 5.82 Å². The second-order valence-electron chi connectivity index (χ2n) is 4.75. The molecule has 0 spiro atoms. The van der Waals surface area contributed by atoms with Crippen molar-refractivity contribution in [3.05, 3.63) is 46.4 Å². The van der Waals surface area contributed by atoms with E-state index in [4.69, 9.17) is 0 Å². The van der Waals surface area contributed by atoms with Crippen LogP contribution in [-0.2, 0) is 0 Å². The van der Waals surface area contributed by atoms with Gasteiger partial charge in [-0.2, -0.15) is 0 Å². The summed E-state index contributed by atoms with van der Waals surface area (Å²) in [5.41, 5.74) is 1.49. The Bertz CT molecular complexity index is 690. The molecule has 1 unspecified atom stereocenters. The van der Waals surface area contributed by atoms with Gasteiger partial charge in [-0.1, -0.05) is 19.4 Å². The Morgan fingerprint density at radius 2 is 2.30 bits per heavy atom. The largest absolute Gasteiger partial charge is 0.348 e. The maximum atomic E-state index is 13.2. The molecule has 1 atom stereocenters. The number of nitrogens with zero attached hydrogens (tertiary/aromatic N) is 1. The lowest BCUT2D eigenvalue weighted by molar-refractivity contribution is 0.629. The lowest BCUT2D eigenvalue weighted by Gasteiger charge is -2.15. The average molecular weight is 289 g/mol. The molecule has 3 aromatic rings. The highest BCUT2D eigenvalue weighted by Gasteiger charge is 2.13. The predicted molar refractivity (Wildman–Crippen MR) is 81.6 cm³/mol. The van der Waals surface area contributed by atoms with Crippen LogP contribution < -0.4 is 5.32 Å². The molecule has 0 radical (unpaired) electrons. The minimum atomic E-state index is -0.254. The summed E-state index contributed by atoms with van der Waals surface area (Å²) in [5, 5.41) is 5.49. The van der Waals surface area contributed by atoms with Crippen LogP contribution in [0.4, 0.5) is 10.3 Å². The van der Waals surface area contributed by atoms with E-state index in [0.29, 0.717) is 11.5 Å². The topological polar surface area (TPSA) is 40.7 Å². The molecule has 0 saturated heterocycles. The fourth-order valence-electron chi connectivity index (χ4n) is 2.28. The van der Waals surface area contributed by atoms with Crippen molar-refractivity contribution in [1.82, 2.24) is 9.97 Å².